The summed E-state index contributed by atoms with van der Waals surface area (Å²) < 4.78 is 0. The van der Waals surface area contributed by atoms with Crippen molar-refractivity contribution in [3.63, 3.8) is 0 Å². The van der Waals surface area contributed by atoms with E-state index in [1.165, 1.54) is 83.5 Å². The van der Waals surface area contributed by atoms with Crippen LogP contribution >= 0.6 is 0 Å². The average molecular weight is 573 g/mol. The summed E-state index contributed by atoms with van der Waals surface area (Å²) >= 11 is 0. The third-order valence-corrected chi connectivity index (χ3v) is 4.69. The molecule has 0 aromatic rings. The second-order valence-electron chi connectivity index (χ2n) is 8.48. The monoisotopic (exact) mass is 572 g/mol. The largest absolute Gasteiger partial charge is 1.00 e. The van der Waals surface area contributed by atoms with E-state index in [1.807, 2.05) is 0 Å². The molecule has 0 bridgehead atoms. The van der Waals surface area contributed by atoms with Crippen molar-refractivity contribution in [2.24, 2.45) is 11.5 Å². The van der Waals surface area contributed by atoms with Crippen LogP contribution in [0.1, 0.15) is 130 Å². The molecule has 9 nitrogen and oxygen atoms in total. The fourth-order valence-electron chi connectivity index (χ4n) is 2.99. The van der Waals surface area contributed by atoms with E-state index in [-0.39, 0.29) is 101 Å². The van der Waals surface area contributed by atoms with Crippen molar-refractivity contribution in [2.75, 3.05) is 6.54 Å². The molecular weight excluding hydrogens is 521 g/mol. The fraction of sp³-hybridized carbons (Fsp3) is 0.846. The Morgan fingerprint density at radius 1 is 0.553 bits per heavy atom. The summed E-state index contributed by atoms with van der Waals surface area (Å²) in [6.45, 7) is 5.47. The fourth-order valence-corrected chi connectivity index (χ4v) is 2.99. The molecule has 210 valence electrons. The first-order valence-electron chi connectivity index (χ1n) is 12.9. The number of rotatable bonds is 18. The van der Waals surface area contributed by atoms with Crippen LogP contribution in [0.4, 0.5) is 0 Å². The number of hydrogen-bond donors (Lipinski definition) is 2. The van der Waals surface area contributed by atoms with Gasteiger partial charge in [0, 0.05) is 30.9 Å². The molecule has 0 aromatic heterocycles. The molecule has 0 aliphatic rings. The van der Waals surface area contributed by atoms with Crippen LogP contribution in [0.2, 0.25) is 0 Å². The number of nitrogens with two attached hydrogens (primary N) is 2. The predicted molar refractivity (Wildman–Crippen MR) is 134 cm³/mol. The van der Waals surface area contributed by atoms with E-state index in [0.29, 0.717) is 6.42 Å². The van der Waals surface area contributed by atoms with Crippen molar-refractivity contribution < 1.29 is 123 Å². The minimum Gasteiger partial charge on any atom is -0.550 e. The molecule has 0 aromatic carbocycles. The maximum atomic E-state index is 11.5. The third kappa shape index (κ3) is 83.2. The second kappa shape index (κ2) is 47.8. The second-order valence-corrected chi connectivity index (χ2v) is 8.48. The summed E-state index contributed by atoms with van der Waals surface area (Å²) in [6.07, 6.45) is 20.8. The van der Waals surface area contributed by atoms with E-state index in [2.05, 4.69) is 6.92 Å². The molecule has 0 radical (unpaired) electrons. The third-order valence-electron chi connectivity index (χ3n) is 4.69. The SMILES string of the molecule is CC(=O)[O-].CC(=O)[O-].CC(=O)[O-].CCCCCCCCCCCCCCCCCC(=O)C(N)CN.[Na+].[Na+].[Na+]. The molecule has 1 unspecified atom stereocenters. The van der Waals surface area contributed by atoms with Gasteiger partial charge in [-0.15, -0.1) is 0 Å². The van der Waals surface area contributed by atoms with Crippen molar-refractivity contribution in [1.82, 2.24) is 0 Å². The molecule has 0 amide bonds. The molecular formula is C26H51N2Na3O7. The Balaban J connectivity index is -0.000000107. The molecule has 0 saturated carbocycles. The number of aliphatic carboxylic acids is 3. The zero-order chi connectivity index (χ0) is 27.9. The summed E-state index contributed by atoms with van der Waals surface area (Å²) in [6, 6.07) is -0.443. The Labute approximate surface area is 298 Å². The van der Waals surface area contributed by atoms with E-state index in [1.54, 1.807) is 0 Å². The van der Waals surface area contributed by atoms with Crippen LogP contribution in [-0.2, 0) is 19.2 Å². The van der Waals surface area contributed by atoms with Gasteiger partial charge in [-0.05, 0) is 27.2 Å². The Morgan fingerprint density at radius 2 is 0.763 bits per heavy atom. The van der Waals surface area contributed by atoms with Crippen LogP contribution in [0.25, 0.3) is 0 Å². The van der Waals surface area contributed by atoms with Crippen LogP contribution in [0.15, 0.2) is 0 Å². The summed E-state index contributed by atoms with van der Waals surface area (Å²) in [5.74, 6) is -3.12. The molecule has 0 aliphatic carbocycles. The summed E-state index contributed by atoms with van der Waals surface area (Å²) in [4.78, 5) is 38.2. The van der Waals surface area contributed by atoms with E-state index in [4.69, 9.17) is 41.2 Å². The first-order valence-corrected chi connectivity index (χ1v) is 12.9. The summed E-state index contributed by atoms with van der Waals surface area (Å²) in [7, 11) is 0. The number of carbonyl (C=O) groups is 4. The number of Topliss-reactive ketones (excluding diaryl/α,β-unsaturated/α-hetero) is 1. The van der Waals surface area contributed by atoms with Gasteiger partial charge < -0.3 is 41.2 Å². The maximum absolute atomic E-state index is 11.5. The molecule has 0 aliphatic heterocycles. The molecule has 0 rings (SSSR count). The number of unbranched alkanes of at least 4 members (excludes halogenated alkanes) is 14. The van der Waals surface area contributed by atoms with E-state index >= 15 is 0 Å². The van der Waals surface area contributed by atoms with Gasteiger partial charge in [-0.3, -0.25) is 4.79 Å². The predicted octanol–water partition coefficient (Wildman–Crippen LogP) is -7.62. The Hall–Kier alpha value is 1.00. The van der Waals surface area contributed by atoms with Gasteiger partial charge in [0.05, 0.1) is 6.04 Å². The Bertz CT molecular complexity index is 475. The van der Waals surface area contributed by atoms with Gasteiger partial charge in [-0.25, -0.2) is 0 Å². The zero-order valence-electron chi connectivity index (χ0n) is 25.6. The molecule has 12 heteroatoms. The van der Waals surface area contributed by atoms with Crippen LogP contribution in [-0.4, -0.2) is 36.3 Å². The van der Waals surface area contributed by atoms with E-state index in [0.717, 1.165) is 33.6 Å². The average Bonchev–Trinajstić information content (AvgIpc) is 2.74. The smallest absolute Gasteiger partial charge is 0.550 e. The van der Waals surface area contributed by atoms with Gasteiger partial charge in [0.2, 0.25) is 0 Å². The minimum absolute atomic E-state index is 0. The Kier molecular flexibility index (Phi) is 69.1. The number of carboxylic acids is 3. The number of ketones is 1. The molecule has 1 atom stereocenters. The van der Waals surface area contributed by atoms with Crippen molar-refractivity contribution in [2.45, 2.75) is 136 Å². The zero-order valence-corrected chi connectivity index (χ0v) is 31.6. The number of carbonyl (C=O) groups excluding carboxylic acids is 4. The van der Waals surface area contributed by atoms with Crippen molar-refractivity contribution in [3.8, 4) is 0 Å². The van der Waals surface area contributed by atoms with Crippen LogP contribution in [0.5, 0.6) is 0 Å². The van der Waals surface area contributed by atoms with Crippen LogP contribution in [0, 0.1) is 0 Å². The summed E-state index contributed by atoms with van der Waals surface area (Å²) in [5.41, 5.74) is 11.0. The first kappa shape index (κ1) is 55.0. The van der Waals surface area contributed by atoms with Crippen molar-refractivity contribution in [3.05, 3.63) is 0 Å². The molecule has 4 N–H and O–H groups in total. The quantitative estimate of drug-likeness (QED) is 0.119. The van der Waals surface area contributed by atoms with E-state index < -0.39 is 23.9 Å². The number of hydrogen-bond acceptors (Lipinski definition) is 9. The van der Waals surface area contributed by atoms with Gasteiger partial charge in [0.15, 0.2) is 5.78 Å². The van der Waals surface area contributed by atoms with Gasteiger partial charge in [-0.2, -0.15) is 0 Å². The van der Waals surface area contributed by atoms with Crippen molar-refractivity contribution in [1.29, 1.82) is 0 Å². The molecule has 38 heavy (non-hydrogen) atoms. The van der Waals surface area contributed by atoms with Crippen molar-refractivity contribution >= 4 is 23.7 Å². The van der Waals surface area contributed by atoms with Crippen LogP contribution < -0.4 is 115 Å². The number of carboxylic acid groups (broad SMARTS) is 3. The maximum Gasteiger partial charge on any atom is 1.00 e. The van der Waals surface area contributed by atoms with Crippen LogP contribution in [0.3, 0.4) is 0 Å². The molecule has 0 spiro atoms. The normalized spacial score (nSPS) is 9.53. The molecule has 0 saturated heterocycles. The van der Waals surface area contributed by atoms with Gasteiger partial charge in [0.1, 0.15) is 0 Å². The molecule has 0 fully saturated rings. The van der Waals surface area contributed by atoms with Gasteiger partial charge in [-0.1, -0.05) is 96.8 Å². The van der Waals surface area contributed by atoms with Gasteiger partial charge in [0.25, 0.3) is 0 Å². The Morgan fingerprint density at radius 3 is 0.974 bits per heavy atom. The topological polar surface area (TPSA) is 190 Å². The standard InChI is InChI=1S/C20H42N2O.3C2H4O2.3Na/c1-2-3-4-5-6-7-8-9-10-11-12-13-14-15-16-17-20(23)19(22)18-21;3*1-2(3)4;;;/h19H,2-18,21-22H2,1H3;3*1H3,(H,3,4);;;/q;;;;3*+1/p-3. The van der Waals surface area contributed by atoms with Gasteiger partial charge >= 0.3 is 88.7 Å². The summed E-state index contributed by atoms with van der Waals surface area (Å²) in [5, 5.41) is 26.7. The molecule has 0 heterocycles. The minimum atomic E-state index is -1.08. The van der Waals surface area contributed by atoms with E-state index in [9.17, 15) is 4.79 Å². The first-order chi connectivity index (χ1) is 16.4.